The number of hydrogen-bond donors (Lipinski definition) is 1. The topological polar surface area (TPSA) is 210 Å². The van der Waals surface area contributed by atoms with Crippen LogP contribution in [-0.2, 0) is 119 Å². The molecule has 0 saturated carbocycles. The molecule has 3 aliphatic rings. The van der Waals surface area contributed by atoms with Crippen molar-refractivity contribution in [1.82, 2.24) is 5.32 Å². The van der Waals surface area contributed by atoms with Crippen molar-refractivity contribution in [2.45, 2.75) is 231 Å². The molecule has 500 valence electrons. The summed E-state index contributed by atoms with van der Waals surface area (Å²) in [7, 11) is 0. The molecule has 8 rings (SSSR count). The average molecular weight is 1270 g/mol. The van der Waals surface area contributed by atoms with Crippen molar-refractivity contribution in [2.75, 3.05) is 19.8 Å². The van der Waals surface area contributed by atoms with Crippen molar-refractivity contribution < 1.29 is 85.5 Å². The van der Waals surface area contributed by atoms with Gasteiger partial charge in [-0.15, -0.1) is 0 Å². The van der Waals surface area contributed by atoms with E-state index < -0.39 is 110 Å². The average Bonchev–Trinajstić information content (AvgIpc) is 0.835. The van der Waals surface area contributed by atoms with E-state index in [9.17, 15) is 19.2 Å². The normalized spacial score (nSPS) is 26.3. The van der Waals surface area contributed by atoms with Gasteiger partial charge < -0.3 is 71.6 Å². The molecule has 15 atom stereocenters. The van der Waals surface area contributed by atoms with Crippen LogP contribution in [0.3, 0.4) is 0 Å². The van der Waals surface area contributed by atoms with Crippen molar-refractivity contribution in [1.29, 1.82) is 0 Å². The molecule has 5 aromatic rings. The number of unbranched alkanes of at least 4 members (excludes halogenated alkanes) is 5. The fourth-order valence-corrected chi connectivity index (χ4v) is 11.3. The first kappa shape index (κ1) is 71.4. The largest absolute Gasteiger partial charge is 0.455 e. The standard InChI is InChI=1S/C73H95NO18/c1-7-12-13-14-15-31-42-81-72-69(67(84-47-55-40-29-20-30-41-55)64(82-45-53-36-25-18-26-37-53)56(87-72)48-79-43-51-32-21-16-22-33-51)92-71-62(74-58(75)8-2)66(83-46-54-38-27-19-28-39-54)65(57(86-71)49-80-44-52-34-23-17-24-35-52)91-73-70(90-61(78)11-5)68(89-60(77)10-4)63(50(6)85-73)88-59(76)9-3/h16-30,32-41,50,56-57,62-73H,7-15,31,42-49H2,1-6H3,(H,74,75)/t50-,56-,57-,62-,63+,64-,65-,66-,67+,68+,69+,70-,71+,72+,73+/m1/s1. The molecular weight excluding hydrogens is 1180 g/mol. The van der Waals surface area contributed by atoms with E-state index in [0.29, 0.717) is 13.2 Å². The van der Waals surface area contributed by atoms with Crippen LogP contribution in [0.5, 0.6) is 0 Å². The Morgan fingerprint density at radius 1 is 0.380 bits per heavy atom. The minimum absolute atomic E-state index is 0.000378. The van der Waals surface area contributed by atoms with Crippen LogP contribution < -0.4 is 5.32 Å². The highest BCUT2D eigenvalue weighted by molar-refractivity contribution is 5.76. The molecule has 0 spiro atoms. The van der Waals surface area contributed by atoms with Crippen LogP contribution in [0.15, 0.2) is 152 Å². The molecule has 1 amide bonds. The summed E-state index contributed by atoms with van der Waals surface area (Å²) in [4.78, 5) is 54.5. The Kier molecular flexibility index (Phi) is 30.0. The maximum absolute atomic E-state index is 14.4. The molecule has 0 aromatic heterocycles. The lowest BCUT2D eigenvalue weighted by Gasteiger charge is -2.51. The Hall–Kier alpha value is -6.46. The summed E-state index contributed by atoms with van der Waals surface area (Å²) >= 11 is 0. The number of benzene rings is 5. The smallest absolute Gasteiger partial charge is 0.306 e. The first-order valence-electron chi connectivity index (χ1n) is 32.9. The zero-order valence-corrected chi connectivity index (χ0v) is 54.2. The molecule has 1 N–H and O–H groups in total. The highest BCUT2D eigenvalue weighted by Gasteiger charge is 2.58. The molecule has 19 heteroatoms. The summed E-state index contributed by atoms with van der Waals surface area (Å²) in [6, 6.07) is 47.4. The second-order valence-corrected chi connectivity index (χ2v) is 23.3. The van der Waals surface area contributed by atoms with Gasteiger partial charge in [0, 0.05) is 32.3 Å². The minimum Gasteiger partial charge on any atom is -0.455 e. The highest BCUT2D eigenvalue weighted by atomic mass is 16.8. The van der Waals surface area contributed by atoms with Gasteiger partial charge in [0.2, 0.25) is 5.91 Å². The van der Waals surface area contributed by atoms with E-state index in [1.807, 2.05) is 152 Å². The van der Waals surface area contributed by atoms with E-state index in [0.717, 1.165) is 66.3 Å². The van der Waals surface area contributed by atoms with Crippen LogP contribution in [0, 0.1) is 0 Å². The van der Waals surface area contributed by atoms with E-state index in [2.05, 4.69) is 12.2 Å². The Morgan fingerprint density at radius 2 is 0.793 bits per heavy atom. The minimum atomic E-state index is -1.54. The number of carbonyl (C=O) groups is 4. The Balaban J connectivity index is 1.25. The van der Waals surface area contributed by atoms with Crippen molar-refractivity contribution in [3.05, 3.63) is 179 Å². The monoisotopic (exact) mass is 1270 g/mol. The number of hydrogen-bond acceptors (Lipinski definition) is 18. The summed E-state index contributed by atoms with van der Waals surface area (Å²) in [5.74, 6) is -2.30. The molecule has 5 aromatic carbocycles. The second kappa shape index (κ2) is 38.7. The summed E-state index contributed by atoms with van der Waals surface area (Å²) in [5.41, 5.74) is 4.43. The number of nitrogens with one attached hydrogen (secondary N) is 1. The molecular formula is C73H95NO18. The second-order valence-electron chi connectivity index (χ2n) is 23.3. The zero-order valence-electron chi connectivity index (χ0n) is 54.2. The SMILES string of the molecule is CCCCCCCCO[C@H]1O[C@H](COCc2ccccc2)[C@@H](OCc2ccccc2)[C@H](OCc2ccccc2)[C@@H]1O[C@@H]1O[C@H](COCc2ccccc2)[C@@H](O[C@@H]2O[C@H](C)[C@H](OC(=O)CC)[C@H](OC(=O)CC)[C@H]2OC(=O)CC)[C@H](OCc2ccccc2)[C@H]1NC(=O)CC. The summed E-state index contributed by atoms with van der Waals surface area (Å²) in [6.45, 7) is 11.4. The van der Waals surface area contributed by atoms with E-state index in [1.165, 1.54) is 0 Å². The first-order valence-corrected chi connectivity index (χ1v) is 32.9. The number of esters is 3. The lowest BCUT2D eigenvalue weighted by Crippen LogP contribution is -2.70. The third-order valence-corrected chi connectivity index (χ3v) is 16.3. The van der Waals surface area contributed by atoms with Crippen LogP contribution in [0.4, 0.5) is 0 Å². The van der Waals surface area contributed by atoms with Gasteiger partial charge in [0.1, 0.15) is 48.8 Å². The summed E-state index contributed by atoms with van der Waals surface area (Å²) < 4.78 is 95.4. The Labute approximate surface area is 542 Å². The zero-order chi connectivity index (χ0) is 64.9. The van der Waals surface area contributed by atoms with Crippen LogP contribution >= 0.6 is 0 Å². The number of ether oxygens (including phenoxy) is 14. The van der Waals surface area contributed by atoms with E-state index >= 15 is 0 Å². The summed E-state index contributed by atoms with van der Waals surface area (Å²) in [5, 5.41) is 3.22. The fraction of sp³-hybridized carbons (Fsp3) is 0.534. The molecule has 3 fully saturated rings. The lowest BCUT2D eigenvalue weighted by molar-refractivity contribution is -0.380. The van der Waals surface area contributed by atoms with Gasteiger partial charge in [-0.05, 0) is 41.2 Å². The van der Waals surface area contributed by atoms with Gasteiger partial charge in [-0.2, -0.15) is 0 Å². The van der Waals surface area contributed by atoms with E-state index in [-0.39, 0.29) is 71.2 Å². The van der Waals surface area contributed by atoms with Gasteiger partial charge in [0.15, 0.2) is 37.2 Å². The molecule has 19 nitrogen and oxygen atoms in total. The molecule has 3 saturated heterocycles. The number of rotatable bonds is 37. The van der Waals surface area contributed by atoms with E-state index in [1.54, 1.807) is 34.6 Å². The van der Waals surface area contributed by atoms with Gasteiger partial charge in [0.25, 0.3) is 0 Å². The molecule has 92 heavy (non-hydrogen) atoms. The number of amides is 1. The molecule has 0 aliphatic carbocycles. The maximum atomic E-state index is 14.4. The van der Waals surface area contributed by atoms with Crippen molar-refractivity contribution >= 4 is 23.8 Å². The van der Waals surface area contributed by atoms with Gasteiger partial charge in [-0.3, -0.25) is 19.2 Å². The van der Waals surface area contributed by atoms with Gasteiger partial charge in [-0.25, -0.2) is 0 Å². The van der Waals surface area contributed by atoms with Gasteiger partial charge >= 0.3 is 17.9 Å². The van der Waals surface area contributed by atoms with Crippen LogP contribution in [0.1, 0.15) is 134 Å². The van der Waals surface area contributed by atoms with E-state index in [4.69, 9.17) is 66.3 Å². The van der Waals surface area contributed by atoms with Gasteiger partial charge in [0.05, 0.1) is 52.4 Å². The lowest BCUT2D eigenvalue weighted by atomic mass is 9.94. The number of carbonyl (C=O) groups excluding carboxylic acids is 4. The third kappa shape index (κ3) is 21.8. The Bertz CT molecular complexity index is 2890. The van der Waals surface area contributed by atoms with Crippen LogP contribution in [0.2, 0.25) is 0 Å². The third-order valence-electron chi connectivity index (χ3n) is 16.3. The molecule has 0 radical (unpaired) electrons. The summed E-state index contributed by atoms with van der Waals surface area (Å²) in [6.07, 6.45) is -10.6. The van der Waals surface area contributed by atoms with Gasteiger partial charge in [-0.1, -0.05) is 218 Å². The van der Waals surface area contributed by atoms with Crippen LogP contribution in [0.25, 0.3) is 0 Å². The quantitative estimate of drug-likeness (QED) is 0.0223. The molecule has 0 unspecified atom stereocenters. The first-order chi connectivity index (χ1) is 45.0. The van der Waals surface area contributed by atoms with Crippen LogP contribution in [-0.4, -0.2) is 136 Å². The molecule has 3 aliphatic heterocycles. The maximum Gasteiger partial charge on any atom is 0.306 e. The fourth-order valence-electron chi connectivity index (χ4n) is 11.3. The predicted molar refractivity (Wildman–Crippen MR) is 341 cm³/mol. The van der Waals surface area contributed by atoms with Crippen molar-refractivity contribution in [3.8, 4) is 0 Å². The molecule has 0 bridgehead atoms. The van der Waals surface area contributed by atoms with Crippen molar-refractivity contribution in [2.24, 2.45) is 0 Å². The Morgan fingerprint density at radius 3 is 1.28 bits per heavy atom. The van der Waals surface area contributed by atoms with Crippen molar-refractivity contribution in [3.63, 3.8) is 0 Å². The molecule has 3 heterocycles. The predicted octanol–water partition coefficient (Wildman–Crippen LogP) is 11.4. The highest BCUT2D eigenvalue weighted by Crippen LogP contribution is 2.39.